The standard InChI is InChI=1S/C15H27N3/c1-5-9-18-14(15(2,3)4)7-6-12-11-17-10-8-13(12)16/h8,10-11,14,18H,5-7,9H2,1-4H3,(H2,16,17). The van der Waals surface area contributed by atoms with Gasteiger partial charge in [-0.3, -0.25) is 4.98 Å². The maximum atomic E-state index is 5.96. The maximum Gasteiger partial charge on any atom is 0.0377 e. The minimum atomic E-state index is 0.270. The third-order valence-corrected chi connectivity index (χ3v) is 3.33. The number of pyridine rings is 1. The van der Waals surface area contributed by atoms with Crippen LogP contribution in [0.5, 0.6) is 0 Å². The summed E-state index contributed by atoms with van der Waals surface area (Å²) >= 11 is 0. The molecule has 0 aliphatic heterocycles. The van der Waals surface area contributed by atoms with Crippen molar-refractivity contribution in [2.75, 3.05) is 12.3 Å². The predicted molar refractivity (Wildman–Crippen MR) is 78.5 cm³/mol. The molecule has 1 rings (SSSR count). The second kappa shape index (κ2) is 6.74. The van der Waals surface area contributed by atoms with E-state index in [-0.39, 0.29) is 5.41 Å². The average molecular weight is 249 g/mol. The number of nitrogen functional groups attached to an aromatic ring is 1. The summed E-state index contributed by atoms with van der Waals surface area (Å²) in [6.07, 6.45) is 6.88. The molecule has 0 bridgehead atoms. The summed E-state index contributed by atoms with van der Waals surface area (Å²) in [4.78, 5) is 4.15. The summed E-state index contributed by atoms with van der Waals surface area (Å²) < 4.78 is 0. The van der Waals surface area contributed by atoms with Gasteiger partial charge in [0.2, 0.25) is 0 Å². The highest BCUT2D eigenvalue weighted by Gasteiger charge is 2.23. The Labute approximate surface area is 111 Å². The van der Waals surface area contributed by atoms with Gasteiger partial charge < -0.3 is 11.1 Å². The quantitative estimate of drug-likeness (QED) is 0.815. The van der Waals surface area contributed by atoms with E-state index < -0.39 is 0 Å². The van der Waals surface area contributed by atoms with Crippen LogP contribution in [0.25, 0.3) is 0 Å². The third kappa shape index (κ3) is 4.65. The molecule has 0 radical (unpaired) electrons. The number of rotatable bonds is 6. The molecular weight excluding hydrogens is 222 g/mol. The average Bonchev–Trinajstić information content (AvgIpc) is 2.29. The smallest absolute Gasteiger partial charge is 0.0377 e. The van der Waals surface area contributed by atoms with Gasteiger partial charge in [-0.25, -0.2) is 0 Å². The van der Waals surface area contributed by atoms with Gasteiger partial charge in [-0.1, -0.05) is 27.7 Å². The fraction of sp³-hybridized carbons (Fsp3) is 0.667. The lowest BCUT2D eigenvalue weighted by Crippen LogP contribution is -2.41. The van der Waals surface area contributed by atoms with Gasteiger partial charge in [-0.15, -0.1) is 0 Å². The first-order valence-electron chi connectivity index (χ1n) is 6.87. The highest BCUT2D eigenvalue weighted by atomic mass is 14.9. The van der Waals surface area contributed by atoms with E-state index in [0.717, 1.165) is 30.6 Å². The molecule has 0 amide bonds. The van der Waals surface area contributed by atoms with Crippen LogP contribution in [0, 0.1) is 5.41 Å². The zero-order valence-corrected chi connectivity index (χ0v) is 12.2. The van der Waals surface area contributed by atoms with Crippen molar-refractivity contribution in [2.24, 2.45) is 5.41 Å². The van der Waals surface area contributed by atoms with E-state index in [1.165, 1.54) is 6.42 Å². The molecule has 3 heteroatoms. The molecule has 102 valence electrons. The molecule has 0 aliphatic rings. The van der Waals surface area contributed by atoms with Crippen LogP contribution in [0.1, 0.15) is 46.1 Å². The minimum Gasteiger partial charge on any atom is -0.398 e. The van der Waals surface area contributed by atoms with Crippen molar-refractivity contribution in [2.45, 2.75) is 53.0 Å². The van der Waals surface area contributed by atoms with Crippen molar-refractivity contribution in [3.63, 3.8) is 0 Å². The van der Waals surface area contributed by atoms with Crippen LogP contribution in [-0.4, -0.2) is 17.6 Å². The molecule has 0 aliphatic carbocycles. The molecular formula is C15H27N3. The lowest BCUT2D eigenvalue weighted by molar-refractivity contribution is 0.255. The summed E-state index contributed by atoms with van der Waals surface area (Å²) in [6.45, 7) is 10.1. The lowest BCUT2D eigenvalue weighted by atomic mass is 9.83. The van der Waals surface area contributed by atoms with Crippen LogP contribution in [0.3, 0.4) is 0 Å². The number of aromatic nitrogens is 1. The zero-order valence-electron chi connectivity index (χ0n) is 12.2. The Balaban J connectivity index is 2.59. The van der Waals surface area contributed by atoms with Gasteiger partial charge in [0.05, 0.1) is 0 Å². The SMILES string of the molecule is CCCNC(CCc1cnccc1N)C(C)(C)C. The van der Waals surface area contributed by atoms with Crippen LogP contribution in [0.4, 0.5) is 5.69 Å². The van der Waals surface area contributed by atoms with E-state index in [4.69, 9.17) is 5.73 Å². The van der Waals surface area contributed by atoms with Gasteiger partial charge in [0, 0.05) is 24.1 Å². The van der Waals surface area contributed by atoms with Gasteiger partial charge >= 0.3 is 0 Å². The lowest BCUT2D eigenvalue weighted by Gasteiger charge is -2.32. The highest BCUT2D eigenvalue weighted by molar-refractivity contribution is 5.44. The topological polar surface area (TPSA) is 50.9 Å². The molecule has 0 aromatic carbocycles. The molecule has 0 saturated carbocycles. The fourth-order valence-corrected chi connectivity index (χ4v) is 2.11. The van der Waals surface area contributed by atoms with E-state index in [2.05, 4.69) is 38.0 Å². The van der Waals surface area contributed by atoms with E-state index in [9.17, 15) is 0 Å². The number of hydrogen-bond donors (Lipinski definition) is 2. The molecule has 3 nitrogen and oxygen atoms in total. The first-order chi connectivity index (χ1) is 8.45. The van der Waals surface area contributed by atoms with Crippen molar-refractivity contribution in [1.29, 1.82) is 0 Å². The Morgan fingerprint density at radius 3 is 2.67 bits per heavy atom. The number of nitrogens with two attached hydrogens (primary N) is 1. The summed E-state index contributed by atoms with van der Waals surface area (Å²) in [5.74, 6) is 0. The zero-order chi connectivity index (χ0) is 13.6. The Kier molecular flexibility index (Phi) is 5.60. The van der Waals surface area contributed by atoms with E-state index in [1.807, 2.05) is 12.3 Å². The molecule has 1 atom stereocenters. The number of hydrogen-bond acceptors (Lipinski definition) is 3. The molecule has 1 aromatic heterocycles. The number of nitrogens with zero attached hydrogens (tertiary/aromatic N) is 1. The van der Waals surface area contributed by atoms with Crippen molar-refractivity contribution in [3.8, 4) is 0 Å². The number of aryl methyl sites for hydroxylation is 1. The Morgan fingerprint density at radius 2 is 2.11 bits per heavy atom. The molecule has 0 fully saturated rings. The van der Waals surface area contributed by atoms with Gasteiger partial charge in [0.25, 0.3) is 0 Å². The normalized spacial score (nSPS) is 13.6. The van der Waals surface area contributed by atoms with Gasteiger partial charge in [-0.05, 0) is 42.9 Å². The Hall–Kier alpha value is -1.09. The van der Waals surface area contributed by atoms with Crippen molar-refractivity contribution < 1.29 is 0 Å². The van der Waals surface area contributed by atoms with Gasteiger partial charge in [0.1, 0.15) is 0 Å². The number of anilines is 1. The van der Waals surface area contributed by atoms with E-state index in [1.54, 1.807) is 6.20 Å². The first-order valence-corrected chi connectivity index (χ1v) is 6.87. The van der Waals surface area contributed by atoms with Crippen molar-refractivity contribution >= 4 is 5.69 Å². The van der Waals surface area contributed by atoms with Crippen LogP contribution >= 0.6 is 0 Å². The molecule has 18 heavy (non-hydrogen) atoms. The van der Waals surface area contributed by atoms with Crippen molar-refractivity contribution in [1.82, 2.24) is 10.3 Å². The Morgan fingerprint density at radius 1 is 1.39 bits per heavy atom. The van der Waals surface area contributed by atoms with Crippen LogP contribution in [-0.2, 0) is 6.42 Å². The molecule has 0 spiro atoms. The van der Waals surface area contributed by atoms with Gasteiger partial charge in [-0.2, -0.15) is 0 Å². The van der Waals surface area contributed by atoms with Crippen molar-refractivity contribution in [3.05, 3.63) is 24.0 Å². The van der Waals surface area contributed by atoms with Crippen LogP contribution in [0.2, 0.25) is 0 Å². The molecule has 0 saturated heterocycles. The fourth-order valence-electron chi connectivity index (χ4n) is 2.11. The molecule has 3 N–H and O–H groups in total. The number of nitrogens with one attached hydrogen (secondary N) is 1. The summed E-state index contributed by atoms with van der Waals surface area (Å²) in [5, 5.41) is 3.64. The molecule has 1 unspecified atom stereocenters. The van der Waals surface area contributed by atoms with E-state index in [0.29, 0.717) is 6.04 Å². The first kappa shape index (κ1) is 15.0. The van der Waals surface area contributed by atoms with Crippen LogP contribution in [0.15, 0.2) is 18.5 Å². The summed E-state index contributed by atoms with van der Waals surface area (Å²) in [6, 6.07) is 2.39. The Bertz CT molecular complexity index is 355. The van der Waals surface area contributed by atoms with E-state index >= 15 is 0 Å². The largest absolute Gasteiger partial charge is 0.398 e. The predicted octanol–water partition coefficient (Wildman–Crippen LogP) is 3.01. The van der Waals surface area contributed by atoms with Gasteiger partial charge in [0.15, 0.2) is 0 Å². The third-order valence-electron chi connectivity index (χ3n) is 3.33. The molecule has 1 heterocycles. The van der Waals surface area contributed by atoms with Crippen LogP contribution < -0.4 is 11.1 Å². The maximum absolute atomic E-state index is 5.96. The summed E-state index contributed by atoms with van der Waals surface area (Å²) in [5.41, 5.74) is 8.24. The monoisotopic (exact) mass is 249 g/mol. The molecule has 1 aromatic rings. The highest BCUT2D eigenvalue weighted by Crippen LogP contribution is 2.24. The summed E-state index contributed by atoms with van der Waals surface area (Å²) in [7, 11) is 0. The second-order valence-electron chi connectivity index (χ2n) is 5.99. The second-order valence-corrected chi connectivity index (χ2v) is 5.99. The minimum absolute atomic E-state index is 0.270.